The SMILES string of the molecule is CC(=O)O[C@H]1CC[C@]2(C)[C@H]3CCC4[C@@H]5[C@@H](C)[C@](C)(O)CC[C@]5(C(=O)O)CC[C@@]4(C)[C@]3(C)CC[C@H]2C1(C)C. The molecule has 0 radical (unpaired) electrons. The normalized spacial score (nSPS) is 54.6. The Balaban J connectivity index is 1.53. The minimum Gasteiger partial charge on any atom is -0.481 e. The summed E-state index contributed by atoms with van der Waals surface area (Å²) in [6.45, 7) is 17.9. The number of hydrogen-bond donors (Lipinski definition) is 2. The number of esters is 1. The van der Waals surface area contributed by atoms with Gasteiger partial charge in [-0.25, -0.2) is 0 Å². The molecule has 0 heterocycles. The van der Waals surface area contributed by atoms with Crippen LogP contribution in [0.15, 0.2) is 0 Å². The summed E-state index contributed by atoms with van der Waals surface area (Å²) in [7, 11) is 0. The van der Waals surface area contributed by atoms with E-state index < -0.39 is 17.0 Å². The third-order valence-corrected chi connectivity index (χ3v) is 14.4. The lowest BCUT2D eigenvalue weighted by Crippen LogP contribution is -2.69. The van der Waals surface area contributed by atoms with Crippen molar-refractivity contribution in [1.82, 2.24) is 0 Å². The zero-order chi connectivity index (χ0) is 27.4. The lowest BCUT2D eigenvalue weighted by atomic mass is 9.31. The molecular formula is C32H52O5. The van der Waals surface area contributed by atoms with Gasteiger partial charge in [-0.2, -0.15) is 0 Å². The van der Waals surface area contributed by atoms with Gasteiger partial charge in [0.15, 0.2) is 0 Å². The fourth-order valence-electron chi connectivity index (χ4n) is 12.0. The van der Waals surface area contributed by atoms with Crippen LogP contribution in [0, 0.1) is 56.7 Å². The monoisotopic (exact) mass is 516 g/mol. The molecule has 5 nitrogen and oxygen atoms in total. The summed E-state index contributed by atoms with van der Waals surface area (Å²) >= 11 is 0. The van der Waals surface area contributed by atoms with Gasteiger partial charge < -0.3 is 14.9 Å². The molecule has 5 fully saturated rings. The van der Waals surface area contributed by atoms with Crippen molar-refractivity contribution in [3.8, 4) is 0 Å². The van der Waals surface area contributed by atoms with Gasteiger partial charge in [-0.3, -0.25) is 9.59 Å². The first kappa shape index (κ1) is 27.5. The molecule has 5 aliphatic rings. The van der Waals surface area contributed by atoms with E-state index in [1.807, 2.05) is 6.92 Å². The van der Waals surface area contributed by atoms with Crippen LogP contribution in [0.3, 0.4) is 0 Å². The van der Waals surface area contributed by atoms with Crippen molar-refractivity contribution in [2.75, 3.05) is 0 Å². The number of aliphatic hydroxyl groups is 1. The van der Waals surface area contributed by atoms with Gasteiger partial charge in [-0.05, 0) is 117 Å². The molecule has 0 saturated heterocycles. The summed E-state index contributed by atoms with van der Waals surface area (Å²) in [6, 6.07) is 0. The molecule has 0 spiro atoms. The molecule has 37 heavy (non-hydrogen) atoms. The summed E-state index contributed by atoms with van der Waals surface area (Å²) in [5.41, 5.74) is -1.17. The number of carboxylic acid groups (broad SMARTS) is 1. The predicted molar refractivity (Wildman–Crippen MR) is 144 cm³/mol. The number of carbonyl (C=O) groups excluding carboxylic acids is 1. The Hall–Kier alpha value is -1.10. The van der Waals surface area contributed by atoms with Crippen LogP contribution >= 0.6 is 0 Å². The van der Waals surface area contributed by atoms with E-state index in [9.17, 15) is 19.8 Å². The number of carbonyl (C=O) groups is 2. The number of hydrogen-bond acceptors (Lipinski definition) is 4. The smallest absolute Gasteiger partial charge is 0.309 e. The Kier molecular flexibility index (Phi) is 6.09. The van der Waals surface area contributed by atoms with E-state index in [-0.39, 0.29) is 45.6 Å². The molecule has 11 atom stereocenters. The van der Waals surface area contributed by atoms with Crippen LogP contribution in [0.5, 0.6) is 0 Å². The summed E-state index contributed by atoms with van der Waals surface area (Å²) in [5, 5.41) is 22.0. The summed E-state index contributed by atoms with van der Waals surface area (Å²) in [4.78, 5) is 24.8. The fraction of sp³-hybridized carbons (Fsp3) is 0.938. The van der Waals surface area contributed by atoms with Crippen molar-refractivity contribution in [2.24, 2.45) is 56.7 Å². The average molecular weight is 517 g/mol. The van der Waals surface area contributed by atoms with Crippen molar-refractivity contribution in [2.45, 2.75) is 131 Å². The molecule has 0 aromatic heterocycles. The highest BCUT2D eigenvalue weighted by Gasteiger charge is 2.72. The van der Waals surface area contributed by atoms with Gasteiger partial charge in [0.05, 0.1) is 11.0 Å². The van der Waals surface area contributed by atoms with Gasteiger partial charge in [0, 0.05) is 12.3 Å². The largest absolute Gasteiger partial charge is 0.481 e. The second-order valence-corrected chi connectivity index (χ2v) is 15.8. The minimum atomic E-state index is -0.803. The second kappa shape index (κ2) is 8.21. The number of rotatable bonds is 2. The highest BCUT2D eigenvalue weighted by molar-refractivity contribution is 5.76. The van der Waals surface area contributed by atoms with Gasteiger partial charge in [-0.1, -0.05) is 41.5 Å². The highest BCUT2D eigenvalue weighted by atomic mass is 16.5. The van der Waals surface area contributed by atoms with Crippen LogP contribution in [0.25, 0.3) is 0 Å². The van der Waals surface area contributed by atoms with E-state index in [2.05, 4.69) is 41.5 Å². The van der Waals surface area contributed by atoms with Crippen LogP contribution in [-0.2, 0) is 14.3 Å². The third kappa shape index (κ3) is 3.43. The molecule has 2 N–H and O–H groups in total. The minimum absolute atomic E-state index is 0.0180. The Morgan fingerprint density at radius 2 is 1.43 bits per heavy atom. The molecule has 0 aliphatic heterocycles. The van der Waals surface area contributed by atoms with Gasteiger partial charge >= 0.3 is 11.9 Å². The molecule has 0 aromatic carbocycles. The number of fused-ring (bicyclic) bond motifs is 7. The first-order valence-corrected chi connectivity index (χ1v) is 15.1. The molecule has 0 amide bonds. The van der Waals surface area contributed by atoms with Crippen molar-refractivity contribution in [3.63, 3.8) is 0 Å². The van der Waals surface area contributed by atoms with E-state index in [0.717, 1.165) is 51.4 Å². The highest BCUT2D eigenvalue weighted by Crippen LogP contribution is 2.77. The fourth-order valence-corrected chi connectivity index (χ4v) is 12.0. The molecule has 0 aromatic rings. The van der Waals surface area contributed by atoms with Gasteiger partial charge in [0.1, 0.15) is 6.10 Å². The summed E-state index contributed by atoms with van der Waals surface area (Å²) < 4.78 is 5.87. The Morgan fingerprint density at radius 1 is 0.784 bits per heavy atom. The molecule has 5 saturated carbocycles. The zero-order valence-corrected chi connectivity index (χ0v) is 24.7. The van der Waals surface area contributed by atoms with E-state index in [1.54, 1.807) is 0 Å². The van der Waals surface area contributed by atoms with E-state index in [1.165, 1.54) is 6.92 Å². The average Bonchev–Trinajstić information content (AvgIpc) is 2.78. The van der Waals surface area contributed by atoms with Crippen LogP contribution in [0.1, 0.15) is 120 Å². The second-order valence-electron chi connectivity index (χ2n) is 15.8. The van der Waals surface area contributed by atoms with Gasteiger partial charge in [-0.15, -0.1) is 0 Å². The molecule has 1 unspecified atom stereocenters. The van der Waals surface area contributed by atoms with E-state index in [4.69, 9.17) is 4.74 Å². The third-order valence-electron chi connectivity index (χ3n) is 14.4. The Bertz CT molecular complexity index is 970. The van der Waals surface area contributed by atoms with Crippen molar-refractivity contribution >= 4 is 11.9 Å². The van der Waals surface area contributed by atoms with Crippen molar-refractivity contribution in [3.05, 3.63) is 0 Å². The van der Waals surface area contributed by atoms with E-state index >= 15 is 0 Å². The Labute approximate surface area is 224 Å². The van der Waals surface area contributed by atoms with Crippen LogP contribution < -0.4 is 0 Å². The molecular weight excluding hydrogens is 464 g/mol. The van der Waals surface area contributed by atoms with Gasteiger partial charge in [0.25, 0.3) is 0 Å². The van der Waals surface area contributed by atoms with Crippen LogP contribution in [0.2, 0.25) is 0 Å². The van der Waals surface area contributed by atoms with Crippen molar-refractivity contribution in [1.29, 1.82) is 0 Å². The maximum absolute atomic E-state index is 12.9. The number of carboxylic acids is 1. The molecule has 5 rings (SSSR count). The lowest BCUT2D eigenvalue weighted by molar-refractivity contribution is -0.266. The zero-order valence-electron chi connectivity index (χ0n) is 24.7. The molecule has 210 valence electrons. The van der Waals surface area contributed by atoms with Crippen LogP contribution in [-0.4, -0.2) is 33.9 Å². The van der Waals surface area contributed by atoms with Crippen LogP contribution in [0.4, 0.5) is 0 Å². The van der Waals surface area contributed by atoms with Gasteiger partial charge in [0.2, 0.25) is 0 Å². The molecule has 5 aliphatic carbocycles. The Morgan fingerprint density at radius 3 is 2.05 bits per heavy atom. The summed E-state index contributed by atoms with van der Waals surface area (Å²) in [6.07, 6.45) is 9.39. The standard InChI is InChI=1S/C32H52O5/c1-19-25-21-9-10-23-28(5)13-12-24(37-20(2)33)27(3,4)22(28)11-14-30(23,7)29(21,6)15-17-32(25,26(34)35)18-16-31(19,8)36/h19,21-25,36H,9-18H2,1-8H3,(H,34,35)/t19-,21?,22+,23-,24+,25+,28+,29-,30-,31-,32-/m1/s1. The van der Waals surface area contributed by atoms with Crippen molar-refractivity contribution < 1.29 is 24.5 Å². The molecule has 0 bridgehead atoms. The predicted octanol–water partition coefficient (Wildman–Crippen LogP) is 6.86. The first-order chi connectivity index (χ1) is 17.0. The maximum Gasteiger partial charge on any atom is 0.309 e. The summed E-state index contributed by atoms with van der Waals surface area (Å²) in [5.74, 6) is 0.610. The topological polar surface area (TPSA) is 83.8 Å². The maximum atomic E-state index is 12.9. The quantitative estimate of drug-likeness (QED) is 0.392. The molecule has 5 heteroatoms. The first-order valence-electron chi connectivity index (χ1n) is 15.1. The number of ether oxygens (including phenoxy) is 1. The lowest BCUT2D eigenvalue weighted by Gasteiger charge is -2.74. The van der Waals surface area contributed by atoms with E-state index in [0.29, 0.717) is 30.6 Å². The number of aliphatic carboxylic acids is 1.